The quantitative estimate of drug-likeness (QED) is 0.662. The smallest absolute Gasteiger partial charge is 0.325 e. The van der Waals surface area contributed by atoms with Gasteiger partial charge in [-0.05, 0) is 44.4 Å². The van der Waals surface area contributed by atoms with Gasteiger partial charge in [0.05, 0.1) is 12.5 Å². The van der Waals surface area contributed by atoms with E-state index in [9.17, 15) is 9.59 Å². The fourth-order valence-electron chi connectivity index (χ4n) is 2.52. The van der Waals surface area contributed by atoms with Crippen molar-refractivity contribution in [3.63, 3.8) is 0 Å². The van der Waals surface area contributed by atoms with Crippen LogP contribution in [-0.4, -0.2) is 36.5 Å². The molecule has 0 radical (unpaired) electrons. The zero-order chi connectivity index (χ0) is 15.6. The van der Waals surface area contributed by atoms with Crippen LogP contribution in [0.3, 0.4) is 0 Å². The zero-order valence-electron chi connectivity index (χ0n) is 12.8. The summed E-state index contributed by atoms with van der Waals surface area (Å²) < 4.78 is 4.69. The van der Waals surface area contributed by atoms with Crippen molar-refractivity contribution in [1.29, 1.82) is 0 Å². The highest BCUT2D eigenvalue weighted by Gasteiger charge is 2.53. The molecule has 0 spiro atoms. The molecule has 21 heavy (non-hydrogen) atoms. The molecule has 5 nitrogen and oxygen atoms in total. The van der Waals surface area contributed by atoms with E-state index in [2.05, 4.69) is 4.74 Å². The van der Waals surface area contributed by atoms with Crippen molar-refractivity contribution in [3.8, 4) is 0 Å². The lowest BCUT2D eigenvalue weighted by molar-refractivity contribution is -0.149. The van der Waals surface area contributed by atoms with Gasteiger partial charge in [0.1, 0.15) is 6.54 Å². The molecule has 114 valence electrons. The molecule has 0 atom stereocenters. The second-order valence-electron chi connectivity index (χ2n) is 5.81. The summed E-state index contributed by atoms with van der Waals surface area (Å²) in [5.41, 5.74) is 6.86. The molecule has 0 aliphatic heterocycles. The SMILES string of the molecule is COC(=O)CN(C(=O)C1(c2ccc(N)cc2)CC1)C(C)C. The first-order chi connectivity index (χ1) is 9.90. The normalized spacial score (nSPS) is 15.6. The molecule has 1 aliphatic carbocycles. The van der Waals surface area contributed by atoms with E-state index in [0.29, 0.717) is 5.69 Å². The Morgan fingerprint density at radius 2 is 1.86 bits per heavy atom. The standard InChI is InChI=1S/C16H22N2O3/c1-11(2)18(10-14(19)21-3)15(20)16(8-9-16)12-4-6-13(17)7-5-12/h4-7,11H,8-10,17H2,1-3H3. The number of anilines is 1. The summed E-state index contributed by atoms with van der Waals surface area (Å²) in [5.74, 6) is -0.405. The summed E-state index contributed by atoms with van der Waals surface area (Å²) >= 11 is 0. The maximum Gasteiger partial charge on any atom is 0.325 e. The molecule has 0 heterocycles. The lowest BCUT2D eigenvalue weighted by Crippen LogP contribution is -2.46. The van der Waals surface area contributed by atoms with Crippen molar-refractivity contribution in [2.45, 2.75) is 38.1 Å². The zero-order valence-corrected chi connectivity index (χ0v) is 12.8. The molecule has 1 aliphatic rings. The number of esters is 1. The van der Waals surface area contributed by atoms with E-state index in [1.165, 1.54) is 7.11 Å². The van der Waals surface area contributed by atoms with Crippen molar-refractivity contribution in [2.24, 2.45) is 0 Å². The first-order valence-corrected chi connectivity index (χ1v) is 7.14. The Balaban J connectivity index is 2.23. The molecule has 0 bridgehead atoms. The Hall–Kier alpha value is -2.04. The molecule has 1 fully saturated rings. The van der Waals surface area contributed by atoms with E-state index in [1.807, 2.05) is 38.1 Å². The number of carbonyl (C=O) groups excluding carboxylic acids is 2. The molecule has 0 saturated heterocycles. The molecule has 0 unspecified atom stereocenters. The highest BCUT2D eigenvalue weighted by atomic mass is 16.5. The molecule has 5 heteroatoms. The number of methoxy groups -OCH3 is 1. The van der Waals surface area contributed by atoms with Gasteiger partial charge in [-0.3, -0.25) is 9.59 Å². The molecule has 0 aromatic heterocycles. The Morgan fingerprint density at radius 3 is 2.29 bits per heavy atom. The fraction of sp³-hybridized carbons (Fsp3) is 0.500. The number of nitrogens with two attached hydrogens (primary N) is 1. The van der Waals surface area contributed by atoms with Crippen LogP contribution in [0.1, 0.15) is 32.3 Å². The van der Waals surface area contributed by atoms with Gasteiger partial charge in [-0.15, -0.1) is 0 Å². The van der Waals surface area contributed by atoms with Gasteiger partial charge in [0.25, 0.3) is 0 Å². The maximum absolute atomic E-state index is 12.9. The number of benzene rings is 1. The van der Waals surface area contributed by atoms with Crippen LogP contribution in [0.2, 0.25) is 0 Å². The van der Waals surface area contributed by atoms with E-state index >= 15 is 0 Å². The second kappa shape index (κ2) is 5.76. The van der Waals surface area contributed by atoms with Crippen molar-refractivity contribution in [2.75, 3.05) is 19.4 Å². The predicted octanol–water partition coefficient (Wildman–Crippen LogP) is 1.71. The average Bonchev–Trinajstić information content (AvgIpc) is 3.25. The number of hydrogen-bond acceptors (Lipinski definition) is 4. The van der Waals surface area contributed by atoms with E-state index < -0.39 is 11.4 Å². The minimum Gasteiger partial charge on any atom is -0.468 e. The third-order valence-electron chi connectivity index (χ3n) is 4.03. The fourth-order valence-corrected chi connectivity index (χ4v) is 2.52. The van der Waals surface area contributed by atoms with Crippen LogP contribution >= 0.6 is 0 Å². The Labute approximate surface area is 125 Å². The summed E-state index contributed by atoms with van der Waals surface area (Å²) in [5, 5.41) is 0. The highest BCUT2D eigenvalue weighted by molar-refractivity contribution is 5.93. The molecular weight excluding hydrogens is 268 g/mol. The van der Waals surface area contributed by atoms with E-state index in [0.717, 1.165) is 18.4 Å². The Kier molecular flexibility index (Phi) is 4.21. The Morgan fingerprint density at radius 1 is 1.29 bits per heavy atom. The average molecular weight is 290 g/mol. The predicted molar refractivity (Wildman–Crippen MR) is 80.6 cm³/mol. The highest BCUT2D eigenvalue weighted by Crippen LogP contribution is 2.50. The van der Waals surface area contributed by atoms with Gasteiger partial charge in [0.15, 0.2) is 0 Å². The topological polar surface area (TPSA) is 72.6 Å². The van der Waals surface area contributed by atoms with Gasteiger partial charge < -0.3 is 15.4 Å². The summed E-state index contributed by atoms with van der Waals surface area (Å²) in [7, 11) is 1.33. The van der Waals surface area contributed by atoms with E-state index in [-0.39, 0.29) is 18.5 Å². The Bertz CT molecular complexity index is 533. The van der Waals surface area contributed by atoms with Crippen molar-refractivity contribution >= 4 is 17.6 Å². The third-order valence-corrected chi connectivity index (χ3v) is 4.03. The molecule has 1 aromatic carbocycles. The maximum atomic E-state index is 12.9. The third kappa shape index (κ3) is 3.01. The summed E-state index contributed by atoms with van der Waals surface area (Å²) in [6.07, 6.45) is 1.61. The van der Waals surface area contributed by atoms with Crippen LogP contribution in [0.15, 0.2) is 24.3 Å². The van der Waals surface area contributed by atoms with Gasteiger partial charge in [0.2, 0.25) is 5.91 Å². The minimum atomic E-state index is -0.494. The molecule has 2 N–H and O–H groups in total. The van der Waals surface area contributed by atoms with Crippen LogP contribution in [0.4, 0.5) is 5.69 Å². The summed E-state index contributed by atoms with van der Waals surface area (Å²) in [4.78, 5) is 26.0. The largest absolute Gasteiger partial charge is 0.468 e. The van der Waals surface area contributed by atoms with Crippen LogP contribution in [-0.2, 0) is 19.7 Å². The van der Waals surface area contributed by atoms with Crippen molar-refractivity contribution in [1.82, 2.24) is 4.90 Å². The number of ether oxygens (including phenoxy) is 1. The molecule has 2 rings (SSSR count). The number of nitrogen functional groups attached to an aromatic ring is 1. The molecular formula is C16H22N2O3. The van der Waals surface area contributed by atoms with Gasteiger partial charge in [-0.2, -0.15) is 0 Å². The molecule has 1 saturated carbocycles. The van der Waals surface area contributed by atoms with Gasteiger partial charge >= 0.3 is 5.97 Å². The van der Waals surface area contributed by atoms with Gasteiger partial charge in [-0.1, -0.05) is 12.1 Å². The first kappa shape index (κ1) is 15.4. The summed E-state index contributed by atoms with van der Waals surface area (Å²) in [6.45, 7) is 3.80. The number of nitrogens with zero attached hydrogens (tertiary/aromatic N) is 1. The second-order valence-corrected chi connectivity index (χ2v) is 5.81. The monoisotopic (exact) mass is 290 g/mol. The van der Waals surface area contributed by atoms with Gasteiger partial charge in [0, 0.05) is 11.7 Å². The number of amides is 1. The van der Waals surface area contributed by atoms with Gasteiger partial charge in [-0.25, -0.2) is 0 Å². The molecule has 1 amide bonds. The van der Waals surface area contributed by atoms with Crippen LogP contribution in [0.5, 0.6) is 0 Å². The van der Waals surface area contributed by atoms with Crippen LogP contribution in [0, 0.1) is 0 Å². The van der Waals surface area contributed by atoms with Crippen LogP contribution in [0.25, 0.3) is 0 Å². The molecule has 1 aromatic rings. The van der Waals surface area contributed by atoms with Crippen molar-refractivity contribution in [3.05, 3.63) is 29.8 Å². The number of hydrogen-bond donors (Lipinski definition) is 1. The van der Waals surface area contributed by atoms with Crippen molar-refractivity contribution < 1.29 is 14.3 Å². The van der Waals surface area contributed by atoms with E-state index in [4.69, 9.17) is 5.73 Å². The minimum absolute atomic E-state index is 0.00679. The lowest BCUT2D eigenvalue weighted by atomic mass is 9.93. The number of rotatable bonds is 5. The van der Waals surface area contributed by atoms with Crippen LogP contribution < -0.4 is 5.73 Å². The van der Waals surface area contributed by atoms with E-state index in [1.54, 1.807) is 4.90 Å². The number of carbonyl (C=O) groups is 2. The first-order valence-electron chi connectivity index (χ1n) is 7.14. The summed E-state index contributed by atoms with van der Waals surface area (Å²) in [6, 6.07) is 7.36. The lowest BCUT2D eigenvalue weighted by Gasteiger charge is -2.30.